The van der Waals surface area contributed by atoms with E-state index in [-0.39, 0.29) is 35.9 Å². The summed E-state index contributed by atoms with van der Waals surface area (Å²) in [4.78, 5) is 27.6. The van der Waals surface area contributed by atoms with Crippen LogP contribution in [0.3, 0.4) is 0 Å². The highest BCUT2D eigenvalue weighted by Gasteiger charge is 2.56. The molecule has 0 radical (unpaired) electrons. The average Bonchev–Trinajstić information content (AvgIpc) is 3.00. The Morgan fingerprint density at radius 1 is 1.37 bits per heavy atom. The Labute approximate surface area is 176 Å². The summed E-state index contributed by atoms with van der Waals surface area (Å²) in [6, 6.07) is 9.91. The lowest BCUT2D eigenvalue weighted by Gasteiger charge is -2.46. The van der Waals surface area contributed by atoms with Gasteiger partial charge in [0, 0.05) is 31.1 Å². The summed E-state index contributed by atoms with van der Waals surface area (Å²) in [5, 5.41) is 6.15. The van der Waals surface area contributed by atoms with Crippen LogP contribution < -0.4 is 16.4 Å². The Balaban J connectivity index is 1.65. The number of amides is 2. The largest absolute Gasteiger partial charge is 0.384 e. The molecule has 0 saturated carbocycles. The number of hydrogen-bond donors (Lipinski definition) is 3. The highest BCUT2D eigenvalue weighted by molar-refractivity contribution is 5.92. The van der Waals surface area contributed by atoms with Crippen LogP contribution >= 0.6 is 0 Å². The van der Waals surface area contributed by atoms with Gasteiger partial charge in [-0.3, -0.25) is 14.5 Å². The van der Waals surface area contributed by atoms with Crippen molar-refractivity contribution in [2.24, 2.45) is 17.6 Å². The molecule has 4 rings (SSSR count). The Hall–Kier alpha value is -2.67. The number of piperidine rings is 1. The van der Waals surface area contributed by atoms with Crippen LogP contribution in [0.5, 0.6) is 0 Å². The monoisotopic (exact) mass is 412 g/mol. The molecule has 1 aromatic rings. The standard InChI is InChI=1S/C23H29FN4O2/c1-3-26-19-12-15(24)11-18-20(19)27-22(30)23(18,2)28-10-9-16(17(13-28)21(25)29)14-7-5-4-6-8-14/h4-8,12,16-18,26H,3,9-11,13H2,1-2H3,(H2,25,29)(H,27,30)/t16-,17-,18?,23-/m1/s1. The van der Waals surface area contributed by atoms with E-state index in [1.807, 2.05) is 49.1 Å². The number of primary amides is 1. The number of nitrogens with two attached hydrogens (primary N) is 1. The Morgan fingerprint density at radius 3 is 2.77 bits per heavy atom. The van der Waals surface area contributed by atoms with Gasteiger partial charge in [0.1, 0.15) is 11.4 Å². The van der Waals surface area contributed by atoms with E-state index in [0.717, 1.165) is 11.3 Å². The predicted molar refractivity (Wildman–Crippen MR) is 113 cm³/mol. The summed E-state index contributed by atoms with van der Waals surface area (Å²) in [5.74, 6) is -1.48. The van der Waals surface area contributed by atoms with Crippen molar-refractivity contribution in [2.45, 2.75) is 38.1 Å². The van der Waals surface area contributed by atoms with Crippen LogP contribution in [0.25, 0.3) is 0 Å². The first-order valence-electron chi connectivity index (χ1n) is 10.6. The fraction of sp³-hybridized carbons (Fsp3) is 0.478. The minimum atomic E-state index is -0.934. The quantitative estimate of drug-likeness (QED) is 0.692. The summed E-state index contributed by atoms with van der Waals surface area (Å²) in [5.41, 5.74) is 7.32. The topological polar surface area (TPSA) is 87.5 Å². The van der Waals surface area contributed by atoms with Crippen LogP contribution in [0.1, 0.15) is 38.2 Å². The lowest BCUT2D eigenvalue weighted by Crippen LogP contribution is -2.60. The van der Waals surface area contributed by atoms with Crippen molar-refractivity contribution >= 4 is 11.8 Å². The first kappa shape index (κ1) is 20.6. The first-order valence-corrected chi connectivity index (χ1v) is 10.6. The third kappa shape index (κ3) is 3.31. The molecule has 3 aliphatic rings. The maximum atomic E-state index is 14.5. The molecule has 2 saturated heterocycles. The van der Waals surface area contributed by atoms with Gasteiger partial charge in [-0.2, -0.15) is 0 Å². The van der Waals surface area contributed by atoms with Crippen molar-refractivity contribution in [3.8, 4) is 0 Å². The van der Waals surface area contributed by atoms with Gasteiger partial charge in [-0.05, 0) is 44.4 Å². The van der Waals surface area contributed by atoms with Crippen molar-refractivity contribution in [2.75, 3.05) is 19.6 Å². The molecular weight excluding hydrogens is 383 g/mol. The molecule has 4 atom stereocenters. The summed E-state index contributed by atoms with van der Waals surface area (Å²) in [6.07, 6.45) is 2.35. The summed E-state index contributed by atoms with van der Waals surface area (Å²) in [6.45, 7) is 5.45. The van der Waals surface area contributed by atoms with E-state index in [0.29, 0.717) is 31.8 Å². The Morgan fingerprint density at radius 2 is 2.10 bits per heavy atom. The maximum absolute atomic E-state index is 14.5. The smallest absolute Gasteiger partial charge is 0.245 e. The van der Waals surface area contributed by atoms with Gasteiger partial charge in [0.2, 0.25) is 11.8 Å². The number of nitrogens with zero attached hydrogens (tertiary/aromatic N) is 1. The number of fused-ring (bicyclic) bond motifs is 1. The van der Waals surface area contributed by atoms with Gasteiger partial charge in [-0.25, -0.2) is 4.39 Å². The fourth-order valence-corrected chi connectivity index (χ4v) is 5.28. The second-order valence-corrected chi connectivity index (χ2v) is 8.57. The second kappa shape index (κ2) is 7.87. The average molecular weight is 413 g/mol. The van der Waals surface area contributed by atoms with E-state index in [4.69, 9.17) is 5.73 Å². The van der Waals surface area contributed by atoms with Crippen molar-refractivity contribution in [1.29, 1.82) is 0 Å². The number of hydrogen-bond acceptors (Lipinski definition) is 4. The van der Waals surface area contributed by atoms with Crippen molar-refractivity contribution < 1.29 is 14.0 Å². The van der Waals surface area contributed by atoms with Crippen LogP contribution in [-0.2, 0) is 9.59 Å². The zero-order chi connectivity index (χ0) is 21.5. The molecule has 2 amide bonds. The molecule has 1 aromatic carbocycles. The molecular formula is C23H29FN4O2. The summed E-state index contributed by atoms with van der Waals surface area (Å²) in [7, 11) is 0. The molecule has 4 N–H and O–H groups in total. The molecule has 6 nitrogen and oxygen atoms in total. The number of likely N-dealkylation sites (N-methyl/N-ethyl adjacent to an activating group) is 1. The van der Waals surface area contributed by atoms with Gasteiger partial charge in [0.25, 0.3) is 0 Å². The van der Waals surface area contributed by atoms with Gasteiger partial charge >= 0.3 is 0 Å². The van der Waals surface area contributed by atoms with Crippen molar-refractivity contribution in [3.05, 3.63) is 59.2 Å². The minimum Gasteiger partial charge on any atom is -0.384 e. The number of nitrogens with one attached hydrogen (secondary N) is 2. The number of carbonyl (C=O) groups is 2. The van der Waals surface area contributed by atoms with Crippen molar-refractivity contribution in [1.82, 2.24) is 15.5 Å². The molecule has 160 valence electrons. The van der Waals surface area contributed by atoms with E-state index in [1.54, 1.807) is 0 Å². The lowest BCUT2D eigenvalue weighted by atomic mass is 9.74. The molecule has 7 heteroatoms. The van der Waals surface area contributed by atoms with Gasteiger partial charge < -0.3 is 16.4 Å². The van der Waals surface area contributed by atoms with Crippen LogP contribution in [0, 0.1) is 11.8 Å². The Kier molecular flexibility index (Phi) is 5.40. The van der Waals surface area contributed by atoms with Gasteiger partial charge in [0.05, 0.1) is 11.6 Å². The SMILES string of the molecule is CCNC1=C2NC(=O)[C@](C)(N3CC[C@H](c4ccccc4)[C@H](C(N)=O)C3)C2CC(F)=C1. The number of halogens is 1. The third-order valence-corrected chi connectivity index (χ3v) is 6.96. The number of allylic oxidation sites excluding steroid dienone is 2. The third-order valence-electron chi connectivity index (χ3n) is 6.96. The number of likely N-dealkylation sites (tertiary alicyclic amines) is 1. The number of carbonyl (C=O) groups excluding carboxylic acids is 2. The lowest BCUT2D eigenvalue weighted by molar-refractivity contribution is -0.135. The van der Waals surface area contributed by atoms with E-state index in [2.05, 4.69) is 10.6 Å². The van der Waals surface area contributed by atoms with Crippen LogP contribution in [0.2, 0.25) is 0 Å². The molecule has 2 heterocycles. The number of benzene rings is 1. The number of rotatable bonds is 5. The van der Waals surface area contributed by atoms with Crippen LogP contribution in [0.4, 0.5) is 4.39 Å². The maximum Gasteiger partial charge on any atom is 0.245 e. The molecule has 2 fully saturated rings. The second-order valence-electron chi connectivity index (χ2n) is 8.57. The zero-order valence-corrected chi connectivity index (χ0v) is 17.5. The van der Waals surface area contributed by atoms with Crippen molar-refractivity contribution in [3.63, 3.8) is 0 Å². The highest BCUT2D eigenvalue weighted by atomic mass is 19.1. The molecule has 0 spiro atoms. The van der Waals surface area contributed by atoms with Crippen LogP contribution in [0.15, 0.2) is 53.6 Å². The fourth-order valence-electron chi connectivity index (χ4n) is 5.28. The molecule has 30 heavy (non-hydrogen) atoms. The highest BCUT2D eigenvalue weighted by Crippen LogP contribution is 2.46. The van der Waals surface area contributed by atoms with Gasteiger partial charge in [-0.15, -0.1) is 0 Å². The summed E-state index contributed by atoms with van der Waals surface area (Å²) < 4.78 is 14.5. The Bertz CT molecular complexity index is 913. The minimum absolute atomic E-state index is 0.0170. The van der Waals surface area contributed by atoms with Gasteiger partial charge in [0.15, 0.2) is 0 Å². The molecule has 1 unspecified atom stereocenters. The van der Waals surface area contributed by atoms with Gasteiger partial charge in [-0.1, -0.05) is 30.3 Å². The molecule has 1 aliphatic carbocycles. The normalized spacial score (nSPS) is 31.8. The molecule has 0 aromatic heterocycles. The van der Waals surface area contributed by atoms with E-state index < -0.39 is 11.5 Å². The van der Waals surface area contributed by atoms with E-state index in [9.17, 15) is 14.0 Å². The van der Waals surface area contributed by atoms with E-state index in [1.165, 1.54) is 6.08 Å². The predicted octanol–water partition coefficient (Wildman–Crippen LogP) is 2.16. The van der Waals surface area contributed by atoms with E-state index >= 15 is 0 Å². The first-order chi connectivity index (χ1) is 14.4. The molecule has 0 bridgehead atoms. The zero-order valence-electron chi connectivity index (χ0n) is 17.5. The molecule has 2 aliphatic heterocycles. The van der Waals surface area contributed by atoms with Crippen LogP contribution in [-0.4, -0.2) is 41.9 Å². The summed E-state index contributed by atoms with van der Waals surface area (Å²) >= 11 is 0.